The lowest BCUT2D eigenvalue weighted by atomic mass is 9.94. The van der Waals surface area contributed by atoms with Crippen LogP contribution in [-0.2, 0) is 19.6 Å². The van der Waals surface area contributed by atoms with Crippen LogP contribution < -0.4 is 4.72 Å². The maximum absolute atomic E-state index is 12.6. The van der Waals surface area contributed by atoms with Gasteiger partial charge in [-0.05, 0) is 35.9 Å². The van der Waals surface area contributed by atoms with Gasteiger partial charge in [-0.15, -0.1) is 12.3 Å². The summed E-state index contributed by atoms with van der Waals surface area (Å²) in [4.78, 5) is 12.2. The van der Waals surface area contributed by atoms with Crippen LogP contribution in [0.25, 0.3) is 0 Å². The Morgan fingerprint density at radius 2 is 1.96 bits per heavy atom. The summed E-state index contributed by atoms with van der Waals surface area (Å²) in [6, 6.07) is 12.4. The van der Waals surface area contributed by atoms with Gasteiger partial charge in [-0.1, -0.05) is 29.8 Å². The van der Waals surface area contributed by atoms with E-state index in [9.17, 15) is 13.2 Å². The number of halogens is 1. The fourth-order valence-corrected chi connectivity index (χ4v) is 3.59. The first-order valence-electron chi connectivity index (χ1n) is 7.27. The van der Waals surface area contributed by atoms with Crippen molar-refractivity contribution in [1.29, 1.82) is 0 Å². The Labute approximate surface area is 152 Å². The SMILES string of the molecule is C#CCC(C(=O)OC)c1cc(Cl)ccc1NS(=O)(=O)c1ccccc1. The molecule has 0 fully saturated rings. The van der Waals surface area contributed by atoms with Gasteiger partial charge in [-0.3, -0.25) is 9.52 Å². The second-order valence-corrected chi connectivity index (χ2v) is 7.25. The van der Waals surface area contributed by atoms with Gasteiger partial charge in [0.25, 0.3) is 10.0 Å². The molecule has 25 heavy (non-hydrogen) atoms. The molecule has 130 valence electrons. The second-order valence-electron chi connectivity index (χ2n) is 5.13. The highest BCUT2D eigenvalue weighted by Gasteiger charge is 2.26. The zero-order valence-electron chi connectivity index (χ0n) is 13.4. The molecule has 0 aliphatic carbocycles. The van der Waals surface area contributed by atoms with Gasteiger partial charge in [0.05, 0.1) is 23.6 Å². The standard InChI is InChI=1S/C18H16ClNO4S/c1-3-7-15(18(21)24-2)16-12-13(19)10-11-17(16)20-25(22,23)14-8-5-4-6-9-14/h1,4-6,8-12,15,20H,7H2,2H3. The van der Waals surface area contributed by atoms with Crippen LogP contribution in [0.4, 0.5) is 5.69 Å². The summed E-state index contributed by atoms with van der Waals surface area (Å²) in [5.41, 5.74) is 0.579. The number of hydrogen-bond donors (Lipinski definition) is 1. The average Bonchev–Trinajstić information content (AvgIpc) is 2.61. The largest absolute Gasteiger partial charge is 0.469 e. The number of ether oxygens (including phenoxy) is 1. The number of esters is 1. The van der Waals surface area contributed by atoms with Crippen molar-refractivity contribution in [2.45, 2.75) is 17.2 Å². The monoisotopic (exact) mass is 377 g/mol. The Morgan fingerprint density at radius 3 is 2.56 bits per heavy atom. The number of carbonyl (C=O) groups excluding carboxylic acids is 1. The van der Waals surface area contributed by atoms with Crippen molar-refractivity contribution in [3.8, 4) is 12.3 Å². The second kappa shape index (κ2) is 8.06. The fraction of sp³-hybridized carbons (Fsp3) is 0.167. The van der Waals surface area contributed by atoms with E-state index in [1.54, 1.807) is 18.2 Å². The number of anilines is 1. The van der Waals surface area contributed by atoms with E-state index in [0.717, 1.165) is 0 Å². The molecule has 0 aliphatic rings. The third kappa shape index (κ3) is 4.53. The van der Waals surface area contributed by atoms with Crippen molar-refractivity contribution in [2.24, 2.45) is 0 Å². The Kier molecular flexibility index (Phi) is 6.07. The first-order valence-corrected chi connectivity index (χ1v) is 9.13. The van der Waals surface area contributed by atoms with E-state index in [1.807, 2.05) is 0 Å². The molecule has 2 rings (SSSR count). The van der Waals surface area contributed by atoms with Crippen molar-refractivity contribution >= 4 is 33.3 Å². The van der Waals surface area contributed by atoms with Crippen LogP contribution in [0.2, 0.25) is 5.02 Å². The third-order valence-electron chi connectivity index (χ3n) is 3.49. The van der Waals surface area contributed by atoms with Gasteiger partial charge in [0.1, 0.15) is 0 Å². The molecule has 0 heterocycles. The van der Waals surface area contributed by atoms with Crippen molar-refractivity contribution in [2.75, 3.05) is 11.8 Å². The molecule has 0 saturated heterocycles. The molecule has 1 N–H and O–H groups in total. The van der Waals surface area contributed by atoms with E-state index >= 15 is 0 Å². The molecule has 7 heteroatoms. The van der Waals surface area contributed by atoms with Crippen molar-refractivity contribution in [3.63, 3.8) is 0 Å². The summed E-state index contributed by atoms with van der Waals surface area (Å²) in [6.45, 7) is 0. The molecule has 0 radical (unpaired) electrons. The summed E-state index contributed by atoms with van der Waals surface area (Å²) < 4.78 is 32.4. The van der Waals surface area contributed by atoms with Crippen LogP contribution in [0.15, 0.2) is 53.4 Å². The van der Waals surface area contributed by atoms with E-state index in [1.165, 1.54) is 37.4 Å². The first kappa shape index (κ1) is 18.8. The lowest BCUT2D eigenvalue weighted by Gasteiger charge is -2.18. The van der Waals surface area contributed by atoms with Crippen LogP contribution in [0.3, 0.4) is 0 Å². The minimum Gasteiger partial charge on any atom is -0.469 e. The first-order chi connectivity index (χ1) is 11.9. The van der Waals surface area contributed by atoms with Crippen molar-refractivity contribution in [1.82, 2.24) is 0 Å². The Balaban J connectivity index is 2.49. The molecular formula is C18H16ClNO4S. The van der Waals surface area contributed by atoms with E-state index < -0.39 is 21.9 Å². The van der Waals surface area contributed by atoms with E-state index in [2.05, 4.69) is 10.6 Å². The number of carbonyl (C=O) groups is 1. The number of rotatable bonds is 6. The highest BCUT2D eigenvalue weighted by Crippen LogP contribution is 2.32. The zero-order valence-corrected chi connectivity index (χ0v) is 15.0. The molecule has 0 aliphatic heterocycles. The fourth-order valence-electron chi connectivity index (χ4n) is 2.30. The zero-order chi connectivity index (χ0) is 18.4. The van der Waals surface area contributed by atoms with Gasteiger partial charge < -0.3 is 4.74 Å². The van der Waals surface area contributed by atoms with E-state index in [-0.39, 0.29) is 17.0 Å². The highest BCUT2D eigenvalue weighted by molar-refractivity contribution is 7.92. The normalized spacial score (nSPS) is 12.0. The van der Waals surface area contributed by atoms with E-state index in [4.69, 9.17) is 22.8 Å². The van der Waals surface area contributed by atoms with Crippen LogP contribution in [0.1, 0.15) is 17.9 Å². The molecule has 1 unspecified atom stereocenters. The smallest absolute Gasteiger partial charge is 0.314 e. The van der Waals surface area contributed by atoms with Gasteiger partial charge in [0.2, 0.25) is 0 Å². The van der Waals surface area contributed by atoms with Gasteiger partial charge in [0.15, 0.2) is 0 Å². The summed E-state index contributed by atoms with van der Waals surface area (Å²) in [7, 11) is -2.59. The van der Waals surface area contributed by atoms with Gasteiger partial charge in [-0.2, -0.15) is 0 Å². The molecule has 0 aromatic heterocycles. The number of nitrogens with one attached hydrogen (secondary N) is 1. The summed E-state index contributed by atoms with van der Waals surface area (Å²) in [5, 5.41) is 0.351. The molecule has 0 spiro atoms. The van der Waals surface area contributed by atoms with Crippen LogP contribution in [-0.4, -0.2) is 21.5 Å². The number of sulfonamides is 1. The minimum absolute atomic E-state index is 0.0487. The molecule has 1 atom stereocenters. The average molecular weight is 378 g/mol. The lowest BCUT2D eigenvalue weighted by molar-refractivity contribution is -0.142. The topological polar surface area (TPSA) is 72.5 Å². The lowest BCUT2D eigenvalue weighted by Crippen LogP contribution is -2.19. The van der Waals surface area contributed by atoms with Crippen molar-refractivity contribution < 1.29 is 17.9 Å². The predicted octanol–water partition coefficient (Wildman–Crippen LogP) is 3.42. The van der Waals surface area contributed by atoms with Crippen molar-refractivity contribution in [3.05, 3.63) is 59.1 Å². The van der Waals surface area contributed by atoms with E-state index in [0.29, 0.717) is 10.6 Å². The number of methoxy groups -OCH3 is 1. The van der Waals surface area contributed by atoms with Gasteiger partial charge >= 0.3 is 5.97 Å². The van der Waals surface area contributed by atoms with Crippen LogP contribution in [0, 0.1) is 12.3 Å². The summed E-state index contributed by atoms with van der Waals surface area (Å²) >= 11 is 6.02. The van der Waals surface area contributed by atoms with Gasteiger partial charge in [-0.25, -0.2) is 8.42 Å². The minimum atomic E-state index is -3.83. The molecule has 0 bridgehead atoms. The number of hydrogen-bond acceptors (Lipinski definition) is 4. The highest BCUT2D eigenvalue weighted by atomic mass is 35.5. The predicted molar refractivity (Wildman–Crippen MR) is 96.9 cm³/mol. The number of benzene rings is 2. The quantitative estimate of drug-likeness (QED) is 0.618. The molecule has 2 aromatic carbocycles. The van der Waals surface area contributed by atoms with Crippen LogP contribution >= 0.6 is 11.6 Å². The Hall–Kier alpha value is -2.49. The summed E-state index contributed by atoms with van der Waals surface area (Å²) in [6.07, 6.45) is 5.38. The molecule has 0 saturated carbocycles. The maximum Gasteiger partial charge on any atom is 0.314 e. The van der Waals surface area contributed by atoms with Crippen LogP contribution in [0.5, 0.6) is 0 Å². The third-order valence-corrected chi connectivity index (χ3v) is 5.11. The Bertz CT molecular complexity index is 904. The maximum atomic E-state index is 12.6. The van der Waals surface area contributed by atoms with Gasteiger partial charge in [0, 0.05) is 11.4 Å². The molecule has 0 amide bonds. The molecular weight excluding hydrogens is 362 g/mol. The Morgan fingerprint density at radius 1 is 1.28 bits per heavy atom. The molecule has 5 nitrogen and oxygen atoms in total. The summed E-state index contributed by atoms with van der Waals surface area (Å²) in [5.74, 6) is 1.00. The molecule has 2 aromatic rings. The number of terminal acetylenes is 1.